The third-order valence-electron chi connectivity index (χ3n) is 15.5. The summed E-state index contributed by atoms with van der Waals surface area (Å²) in [5.41, 5.74) is 9.57. The van der Waals surface area contributed by atoms with Crippen LogP contribution in [0.5, 0.6) is 0 Å². The van der Waals surface area contributed by atoms with Gasteiger partial charge in [-0.2, -0.15) is 10.2 Å². The van der Waals surface area contributed by atoms with Crippen molar-refractivity contribution >= 4 is 0 Å². The predicted molar refractivity (Wildman–Crippen MR) is 316 cm³/mol. The second-order valence-electron chi connectivity index (χ2n) is 25.3. The largest absolute Gasteiger partial charge is 0.376 e. The van der Waals surface area contributed by atoms with E-state index in [0.717, 1.165) is 89.2 Å². The average molecular weight is 1050 g/mol. The van der Waals surface area contributed by atoms with Crippen LogP contribution in [0.15, 0.2) is 60.7 Å². The molecule has 1 aliphatic heterocycles. The van der Waals surface area contributed by atoms with Crippen molar-refractivity contribution in [1.82, 2.24) is 39.2 Å². The van der Waals surface area contributed by atoms with Gasteiger partial charge in [-0.1, -0.05) is 104 Å². The number of likely N-dealkylation sites (N-methyl/N-ethyl adjacent to an activating group) is 4. The van der Waals surface area contributed by atoms with E-state index in [1.807, 2.05) is 0 Å². The number of benzene rings is 2. The van der Waals surface area contributed by atoms with Crippen molar-refractivity contribution in [2.75, 3.05) is 80.8 Å². The maximum Gasteiger partial charge on any atom is 0.0743 e. The van der Waals surface area contributed by atoms with E-state index in [-0.39, 0.29) is 48.6 Å². The molecule has 12 heteroatoms. The van der Waals surface area contributed by atoms with Crippen molar-refractivity contribution in [3.05, 3.63) is 106 Å². The lowest BCUT2D eigenvalue weighted by molar-refractivity contribution is -0.0536. The monoisotopic (exact) mass is 1050 g/mol. The van der Waals surface area contributed by atoms with E-state index in [4.69, 9.17) is 29.1 Å². The molecule has 0 unspecified atom stereocenters. The van der Waals surface area contributed by atoms with Crippen molar-refractivity contribution in [3.8, 4) is 0 Å². The fraction of sp³-hybridized carbons (Fsp3) is 0.719. The van der Waals surface area contributed by atoms with Crippen LogP contribution >= 0.6 is 0 Å². The Morgan fingerprint density at radius 1 is 0.434 bits per heavy atom. The van der Waals surface area contributed by atoms with Crippen molar-refractivity contribution in [2.24, 2.45) is 23.7 Å². The van der Waals surface area contributed by atoms with Gasteiger partial charge in [-0.15, -0.1) is 0 Å². The fourth-order valence-corrected chi connectivity index (χ4v) is 11.4. The molecule has 4 aromatic rings. The van der Waals surface area contributed by atoms with Gasteiger partial charge in [-0.3, -0.25) is 29.0 Å². The molecule has 5 rings (SSSR count). The zero-order valence-electron chi connectivity index (χ0n) is 51.2. The van der Waals surface area contributed by atoms with E-state index in [1.165, 1.54) is 33.6 Å². The van der Waals surface area contributed by atoms with Crippen LogP contribution in [-0.4, -0.2) is 169 Å². The quantitative estimate of drug-likeness (QED) is 0.108. The van der Waals surface area contributed by atoms with E-state index < -0.39 is 0 Å². The average Bonchev–Trinajstić information content (AvgIpc) is 3.83. The third kappa shape index (κ3) is 22.0. The summed E-state index contributed by atoms with van der Waals surface area (Å²) in [5.74, 6) is 2.09. The van der Waals surface area contributed by atoms with Crippen LogP contribution in [0, 0.1) is 51.4 Å². The highest BCUT2D eigenvalue weighted by Gasteiger charge is 2.29. The van der Waals surface area contributed by atoms with Gasteiger partial charge >= 0.3 is 0 Å². The molecule has 8 atom stereocenters. The second kappa shape index (κ2) is 31.4. The highest BCUT2D eigenvalue weighted by molar-refractivity contribution is 5.26. The summed E-state index contributed by atoms with van der Waals surface area (Å²) >= 11 is 0. The van der Waals surface area contributed by atoms with E-state index in [2.05, 4.69) is 215 Å². The molecule has 1 saturated heterocycles. The highest BCUT2D eigenvalue weighted by Crippen LogP contribution is 2.23. The zero-order valence-corrected chi connectivity index (χ0v) is 51.2. The summed E-state index contributed by atoms with van der Waals surface area (Å²) in [4.78, 5) is 10.1. The summed E-state index contributed by atoms with van der Waals surface area (Å²) in [6.07, 6.45) is 5.93. The molecule has 76 heavy (non-hydrogen) atoms. The molecule has 12 nitrogen and oxygen atoms in total. The van der Waals surface area contributed by atoms with E-state index in [0.29, 0.717) is 50.1 Å². The molecule has 0 radical (unpaired) electrons. The van der Waals surface area contributed by atoms with Gasteiger partial charge in [0.1, 0.15) is 0 Å². The van der Waals surface area contributed by atoms with E-state index in [1.54, 1.807) is 0 Å². The standard InChI is InChI=1S/C64H108N8O4/c1-45(2)26-59-41-73-54(14)36-68(16)62(29-48(7)8)44-76-64(34-57-20-19-21-58(32-57)38-72-52(12)31-50(10)66-72)40-70(18)60(27-46(3)4)42-74-53(13)35-67(15)61(28-47(5)6)43-75-63(39-69(59)17)33-55-22-24-56(25-23-55)37-71-51(11)30-49(9)65-71/h19-25,30-32,45-48,53-54,59-64H,26-29,33-44H2,1-18H3/t53-,54-,59+,60+,61+,62+,63-,64-/m1/s1. The molecule has 0 saturated carbocycles. The molecule has 0 amide bonds. The molecule has 1 aliphatic rings. The number of hydrogen-bond donors (Lipinski definition) is 0. The SMILES string of the molecule is Cc1cc(C)n(Cc2ccc(C[C@@H]3CN(C)[C@@H](CC(C)C)CO[C@H](C)CN(C)[C@@H](CC(C)C)CO[C@H](Cc4cccc(Cn5nc(C)cc5C)c4)CN(C)[C@@H](CC(C)C)CO[C@H](C)CN(C)[C@@H](CC(C)C)CO3)cc2)n1. The van der Waals surface area contributed by atoms with Crippen LogP contribution in [0.4, 0.5) is 0 Å². The Labute approximate surface area is 463 Å². The van der Waals surface area contributed by atoms with Crippen molar-refractivity contribution < 1.29 is 18.9 Å². The fourth-order valence-electron chi connectivity index (χ4n) is 11.4. The minimum Gasteiger partial charge on any atom is -0.376 e. The lowest BCUT2D eigenvalue weighted by Gasteiger charge is -2.37. The second-order valence-corrected chi connectivity index (χ2v) is 25.3. The summed E-state index contributed by atoms with van der Waals surface area (Å²) < 4.78 is 32.5. The first-order valence-corrected chi connectivity index (χ1v) is 29.4. The molecule has 428 valence electrons. The van der Waals surface area contributed by atoms with Gasteiger partial charge in [0, 0.05) is 61.7 Å². The van der Waals surface area contributed by atoms with Gasteiger partial charge in [0.2, 0.25) is 0 Å². The Balaban J connectivity index is 1.42. The van der Waals surface area contributed by atoms with Crippen LogP contribution < -0.4 is 0 Å². The molecule has 1 fully saturated rings. The Morgan fingerprint density at radius 2 is 0.776 bits per heavy atom. The van der Waals surface area contributed by atoms with Gasteiger partial charge in [0.05, 0.1) is 75.3 Å². The molecular formula is C64H108N8O4. The van der Waals surface area contributed by atoms with Gasteiger partial charge in [0.25, 0.3) is 0 Å². The Bertz CT molecular complexity index is 2220. The lowest BCUT2D eigenvalue weighted by Crippen LogP contribution is -2.47. The molecule has 3 heterocycles. The molecule has 0 N–H and O–H groups in total. The van der Waals surface area contributed by atoms with Gasteiger partial charge in [-0.25, -0.2) is 0 Å². The number of hydrogen-bond acceptors (Lipinski definition) is 10. The molecule has 0 spiro atoms. The number of nitrogens with zero attached hydrogens (tertiary/aromatic N) is 8. The number of rotatable bonds is 16. The molecular weight excluding hydrogens is 945 g/mol. The van der Waals surface area contributed by atoms with Gasteiger partial charge < -0.3 is 18.9 Å². The maximum absolute atomic E-state index is 7.24. The molecule has 2 aromatic heterocycles. The third-order valence-corrected chi connectivity index (χ3v) is 15.5. The number of ether oxygens (including phenoxy) is 4. The van der Waals surface area contributed by atoms with Gasteiger partial charge in [-0.05, 0) is 166 Å². The summed E-state index contributed by atoms with van der Waals surface area (Å²) in [6, 6.07) is 23.5. The lowest BCUT2D eigenvalue weighted by atomic mass is 10.0. The van der Waals surface area contributed by atoms with Gasteiger partial charge in [0.15, 0.2) is 0 Å². The zero-order chi connectivity index (χ0) is 55.6. The minimum atomic E-state index is -0.0110. The van der Waals surface area contributed by atoms with Crippen molar-refractivity contribution in [1.29, 1.82) is 0 Å². The maximum atomic E-state index is 7.24. The first-order chi connectivity index (χ1) is 36.0. The van der Waals surface area contributed by atoms with Crippen LogP contribution in [0.2, 0.25) is 0 Å². The van der Waals surface area contributed by atoms with Crippen LogP contribution in [0.25, 0.3) is 0 Å². The van der Waals surface area contributed by atoms with E-state index in [9.17, 15) is 0 Å². The number of aromatic nitrogens is 4. The van der Waals surface area contributed by atoms with Crippen LogP contribution in [0.3, 0.4) is 0 Å². The Kier molecular flexibility index (Phi) is 26.2. The highest BCUT2D eigenvalue weighted by atomic mass is 16.5. The van der Waals surface area contributed by atoms with Crippen LogP contribution in [-0.2, 0) is 44.9 Å². The first-order valence-electron chi connectivity index (χ1n) is 29.4. The first kappa shape index (κ1) is 63.4. The normalized spacial score (nSPS) is 25.0. The number of aryl methyl sites for hydroxylation is 4. The van der Waals surface area contributed by atoms with Crippen molar-refractivity contribution in [2.45, 2.75) is 197 Å². The molecule has 2 aromatic carbocycles. The summed E-state index contributed by atoms with van der Waals surface area (Å²) in [6.45, 7) is 39.1. The molecule has 0 bridgehead atoms. The predicted octanol–water partition coefficient (Wildman–Crippen LogP) is 11.2. The summed E-state index contributed by atoms with van der Waals surface area (Å²) in [7, 11) is 9.12. The smallest absolute Gasteiger partial charge is 0.0743 e. The molecule has 0 aliphatic carbocycles. The van der Waals surface area contributed by atoms with Crippen molar-refractivity contribution in [3.63, 3.8) is 0 Å². The topological polar surface area (TPSA) is 85.5 Å². The van der Waals surface area contributed by atoms with E-state index >= 15 is 0 Å². The Morgan fingerprint density at radius 3 is 1.16 bits per heavy atom. The Hall–Kier alpha value is -3.46. The van der Waals surface area contributed by atoms with Crippen LogP contribution in [0.1, 0.15) is 140 Å². The minimum absolute atomic E-state index is 0.0000729. The summed E-state index contributed by atoms with van der Waals surface area (Å²) in [5, 5.41) is 9.50.